The highest BCUT2D eigenvalue weighted by Crippen LogP contribution is 2.34. The van der Waals surface area contributed by atoms with Gasteiger partial charge in [-0.3, -0.25) is 19.1 Å². The lowest BCUT2D eigenvalue weighted by molar-refractivity contribution is 0.102. The number of fused-ring (bicyclic) bond motifs is 2. The Morgan fingerprint density at radius 3 is 2.53 bits per heavy atom. The summed E-state index contributed by atoms with van der Waals surface area (Å²) in [6.45, 7) is 3.93. The lowest BCUT2D eigenvalue weighted by Crippen LogP contribution is -2.29. The summed E-state index contributed by atoms with van der Waals surface area (Å²) in [7, 11) is 0. The minimum atomic E-state index is -0.820. The maximum Gasteiger partial charge on any atom is 0.273 e. The molecular formula is C32H24F2N4O4S. The molecule has 0 aliphatic carbocycles. The number of aryl methyl sites for hydroxylation is 1. The number of hydrogen-bond acceptors (Lipinski definition) is 7. The lowest BCUT2D eigenvalue weighted by atomic mass is 10.1. The fourth-order valence-electron chi connectivity index (χ4n) is 4.73. The first-order chi connectivity index (χ1) is 20.9. The van der Waals surface area contributed by atoms with Gasteiger partial charge in [0.1, 0.15) is 27.5 Å². The number of aromatic nitrogens is 3. The Morgan fingerprint density at radius 2 is 1.79 bits per heavy atom. The maximum absolute atomic E-state index is 15.2. The Balaban J connectivity index is 1.34. The molecule has 1 amide bonds. The second-order valence-corrected chi connectivity index (χ2v) is 10.3. The molecule has 3 heterocycles. The Morgan fingerprint density at radius 1 is 0.977 bits per heavy atom. The van der Waals surface area contributed by atoms with Crippen LogP contribution in [0.25, 0.3) is 26.9 Å². The van der Waals surface area contributed by atoms with E-state index in [4.69, 9.17) is 9.47 Å². The zero-order valence-electron chi connectivity index (χ0n) is 23.1. The Kier molecular flexibility index (Phi) is 7.56. The second kappa shape index (κ2) is 11.6. The van der Waals surface area contributed by atoms with Crippen LogP contribution in [0.3, 0.4) is 0 Å². The van der Waals surface area contributed by atoms with Crippen LogP contribution in [0.15, 0.2) is 83.2 Å². The number of ether oxygens (including phenoxy) is 2. The molecule has 0 radical (unpaired) electrons. The van der Waals surface area contributed by atoms with E-state index >= 15 is 4.39 Å². The maximum atomic E-state index is 15.2. The topological polar surface area (TPSA) is 95.3 Å². The van der Waals surface area contributed by atoms with Crippen LogP contribution in [0.2, 0.25) is 0 Å². The molecule has 1 N–H and O–H groups in total. The minimum absolute atomic E-state index is 0.0100. The number of halogens is 2. The molecule has 0 spiro atoms. The highest BCUT2D eigenvalue weighted by molar-refractivity contribution is 7.16. The van der Waals surface area contributed by atoms with Crippen molar-refractivity contribution >= 4 is 44.2 Å². The Hall–Kier alpha value is -5.16. The van der Waals surface area contributed by atoms with E-state index in [0.717, 1.165) is 29.0 Å². The molecular weight excluding hydrogens is 574 g/mol. The van der Waals surface area contributed by atoms with Crippen molar-refractivity contribution in [3.05, 3.63) is 112 Å². The first-order valence-electron chi connectivity index (χ1n) is 13.4. The van der Waals surface area contributed by atoms with Crippen molar-refractivity contribution in [1.82, 2.24) is 14.5 Å². The molecule has 0 unspecified atom stereocenters. The zero-order valence-corrected chi connectivity index (χ0v) is 23.9. The Bertz CT molecular complexity index is 2060. The number of nitrogens with zero attached hydrogens (tertiary/aromatic N) is 3. The number of rotatable bonds is 8. The van der Waals surface area contributed by atoms with Crippen LogP contribution in [0.4, 0.5) is 14.5 Å². The van der Waals surface area contributed by atoms with Gasteiger partial charge in [0.25, 0.3) is 11.5 Å². The van der Waals surface area contributed by atoms with Gasteiger partial charge in [0.05, 0.1) is 23.3 Å². The van der Waals surface area contributed by atoms with Gasteiger partial charge >= 0.3 is 0 Å². The summed E-state index contributed by atoms with van der Waals surface area (Å²) in [6, 6.07) is 16.7. The quantitative estimate of drug-likeness (QED) is 0.198. The summed E-state index contributed by atoms with van der Waals surface area (Å²) in [5.74, 6) is -1.63. The van der Waals surface area contributed by atoms with Crippen molar-refractivity contribution in [3.8, 4) is 22.9 Å². The molecule has 0 bridgehead atoms. The van der Waals surface area contributed by atoms with Gasteiger partial charge < -0.3 is 14.8 Å². The molecule has 8 nitrogen and oxygen atoms in total. The van der Waals surface area contributed by atoms with Crippen molar-refractivity contribution in [2.45, 2.75) is 20.3 Å². The number of amides is 1. The van der Waals surface area contributed by atoms with Crippen molar-refractivity contribution in [2.24, 2.45) is 0 Å². The van der Waals surface area contributed by atoms with E-state index in [2.05, 4.69) is 15.3 Å². The van der Waals surface area contributed by atoms with E-state index in [1.54, 1.807) is 19.2 Å². The van der Waals surface area contributed by atoms with E-state index in [-0.39, 0.29) is 29.4 Å². The van der Waals surface area contributed by atoms with Crippen molar-refractivity contribution in [1.29, 1.82) is 0 Å². The average molecular weight is 599 g/mol. The number of benzene rings is 3. The van der Waals surface area contributed by atoms with E-state index in [1.807, 2.05) is 25.1 Å². The molecule has 0 saturated heterocycles. The third-order valence-corrected chi connectivity index (χ3v) is 7.61. The van der Waals surface area contributed by atoms with E-state index in [1.165, 1.54) is 57.8 Å². The third-order valence-electron chi connectivity index (χ3n) is 6.80. The zero-order chi connectivity index (χ0) is 30.1. The fourth-order valence-corrected chi connectivity index (χ4v) is 5.54. The van der Waals surface area contributed by atoms with Crippen LogP contribution in [0.5, 0.6) is 17.2 Å². The largest absolute Gasteiger partial charge is 0.490 e. The van der Waals surface area contributed by atoms with Crippen LogP contribution < -0.4 is 20.3 Å². The summed E-state index contributed by atoms with van der Waals surface area (Å²) in [5, 5.41) is 3.33. The Labute approximate surface area is 248 Å². The monoisotopic (exact) mass is 598 g/mol. The second-order valence-electron chi connectivity index (χ2n) is 9.48. The van der Waals surface area contributed by atoms with Gasteiger partial charge in [-0.2, -0.15) is 0 Å². The highest BCUT2D eigenvalue weighted by atomic mass is 32.1. The summed E-state index contributed by atoms with van der Waals surface area (Å²) in [5.41, 5.74) is 3.10. The number of anilines is 1. The number of pyridine rings is 2. The summed E-state index contributed by atoms with van der Waals surface area (Å²) in [6.07, 6.45) is 2.45. The predicted molar refractivity (Wildman–Crippen MR) is 162 cm³/mol. The molecule has 11 heteroatoms. The summed E-state index contributed by atoms with van der Waals surface area (Å²) in [4.78, 5) is 36.5. The van der Waals surface area contributed by atoms with Crippen LogP contribution in [-0.4, -0.2) is 27.0 Å². The van der Waals surface area contributed by atoms with Crippen molar-refractivity contribution < 1.29 is 23.0 Å². The fraction of sp³-hybridized carbons (Fsp3) is 0.125. The molecule has 6 aromatic rings. The number of nitrogens with one attached hydrogen (secondary N) is 1. The van der Waals surface area contributed by atoms with Gasteiger partial charge in [0.2, 0.25) is 0 Å². The van der Waals surface area contributed by atoms with Gasteiger partial charge in [-0.25, -0.2) is 13.8 Å². The van der Waals surface area contributed by atoms with Gasteiger partial charge in [0, 0.05) is 23.3 Å². The van der Waals surface area contributed by atoms with Gasteiger partial charge in [-0.15, -0.1) is 11.3 Å². The van der Waals surface area contributed by atoms with Crippen LogP contribution >= 0.6 is 11.3 Å². The highest BCUT2D eigenvalue weighted by Gasteiger charge is 2.26. The molecule has 0 atom stereocenters. The lowest BCUT2D eigenvalue weighted by Gasteiger charge is -2.15. The normalized spacial score (nSPS) is 11.2. The number of thiazole rings is 1. The molecule has 43 heavy (non-hydrogen) atoms. The van der Waals surface area contributed by atoms with E-state index < -0.39 is 23.1 Å². The van der Waals surface area contributed by atoms with Gasteiger partial charge in [-0.05, 0) is 73.5 Å². The predicted octanol–water partition coefficient (Wildman–Crippen LogP) is 7.28. The summed E-state index contributed by atoms with van der Waals surface area (Å²) < 4.78 is 41.8. The number of carbonyl (C=O) groups is 1. The van der Waals surface area contributed by atoms with Gasteiger partial charge in [-0.1, -0.05) is 13.0 Å². The molecule has 0 aliphatic heterocycles. The molecule has 3 aromatic heterocycles. The SMILES string of the molecule is CCOc1c(C(=O)Nc2ccc(Oc3ccnc4cc(CC)ccc34)c(F)c2)c(=O)n(-c2ccc(F)cc2)c2scnc12. The standard InChI is InChI=1S/C32H24F2N4O4S/c1-3-18-5-11-22-24(15-18)35-14-13-25(22)42-26-12-8-20(16-23(26)34)37-30(39)27-29(41-4-2)28-32(43-17-36-28)38(31(27)40)21-9-6-19(33)7-10-21/h5-17H,3-4H2,1-2H3,(H,37,39). The smallest absolute Gasteiger partial charge is 0.273 e. The average Bonchev–Trinajstić information content (AvgIpc) is 3.49. The third kappa shape index (κ3) is 5.30. The summed E-state index contributed by atoms with van der Waals surface area (Å²) >= 11 is 1.18. The number of carbonyl (C=O) groups excluding carboxylic acids is 1. The van der Waals surface area contributed by atoms with Crippen molar-refractivity contribution in [3.63, 3.8) is 0 Å². The molecule has 0 saturated carbocycles. The van der Waals surface area contributed by atoms with Crippen LogP contribution in [0, 0.1) is 11.6 Å². The van der Waals surface area contributed by atoms with E-state index in [0.29, 0.717) is 21.8 Å². The number of hydrogen-bond donors (Lipinski definition) is 1. The molecule has 6 rings (SSSR count). The first kappa shape index (κ1) is 28.0. The molecule has 0 aliphatic rings. The molecule has 216 valence electrons. The van der Waals surface area contributed by atoms with E-state index in [9.17, 15) is 14.0 Å². The first-order valence-corrected chi connectivity index (χ1v) is 14.3. The van der Waals surface area contributed by atoms with Crippen molar-refractivity contribution in [2.75, 3.05) is 11.9 Å². The minimum Gasteiger partial charge on any atom is -0.490 e. The van der Waals surface area contributed by atoms with Crippen LogP contribution in [0.1, 0.15) is 29.8 Å². The molecule has 3 aromatic carbocycles. The van der Waals surface area contributed by atoms with Crippen LogP contribution in [-0.2, 0) is 6.42 Å². The van der Waals surface area contributed by atoms with Gasteiger partial charge in [0.15, 0.2) is 17.3 Å². The molecule has 0 fully saturated rings.